The Labute approximate surface area is 132 Å². The SMILES string of the molecule is CCOC(C)O[C@H]1C(=O)N(C(=O)OC(C)(C)C)[C@H]1C(F)(F)Cl. The monoisotopic (exact) mass is 343 g/mol. The number of likely N-dealkylation sites (tertiary alicyclic amines) is 1. The molecule has 3 atom stereocenters. The van der Waals surface area contributed by atoms with Crippen LogP contribution >= 0.6 is 11.6 Å². The third-order valence-electron chi connectivity index (χ3n) is 2.71. The number of hydrogen-bond donors (Lipinski definition) is 0. The van der Waals surface area contributed by atoms with Gasteiger partial charge in [-0.15, -0.1) is 0 Å². The Morgan fingerprint density at radius 2 is 1.95 bits per heavy atom. The van der Waals surface area contributed by atoms with Crippen LogP contribution in [-0.4, -0.2) is 52.9 Å². The van der Waals surface area contributed by atoms with Gasteiger partial charge in [-0.2, -0.15) is 8.78 Å². The van der Waals surface area contributed by atoms with E-state index in [2.05, 4.69) is 0 Å². The number of hydrogen-bond acceptors (Lipinski definition) is 5. The molecule has 0 spiro atoms. The van der Waals surface area contributed by atoms with Gasteiger partial charge in [0.25, 0.3) is 5.91 Å². The van der Waals surface area contributed by atoms with Crippen molar-refractivity contribution in [2.75, 3.05) is 6.61 Å². The summed E-state index contributed by atoms with van der Waals surface area (Å²) in [5.74, 6) is -0.939. The Balaban J connectivity index is 2.88. The average Bonchev–Trinajstić information content (AvgIpc) is 2.28. The van der Waals surface area contributed by atoms with Gasteiger partial charge in [-0.25, -0.2) is 9.69 Å². The molecule has 0 aliphatic carbocycles. The van der Waals surface area contributed by atoms with Crippen molar-refractivity contribution < 1.29 is 32.6 Å². The van der Waals surface area contributed by atoms with Gasteiger partial charge in [-0.1, -0.05) is 0 Å². The molecule has 6 nitrogen and oxygen atoms in total. The molecule has 1 aliphatic heterocycles. The summed E-state index contributed by atoms with van der Waals surface area (Å²) in [6, 6.07) is -1.94. The van der Waals surface area contributed by atoms with Crippen LogP contribution in [0.5, 0.6) is 0 Å². The molecule has 0 aromatic carbocycles. The fraction of sp³-hybridized carbons (Fsp3) is 0.846. The van der Waals surface area contributed by atoms with Gasteiger partial charge in [0.15, 0.2) is 18.4 Å². The molecule has 1 fully saturated rings. The van der Waals surface area contributed by atoms with E-state index in [0.717, 1.165) is 0 Å². The maximum absolute atomic E-state index is 13.5. The van der Waals surface area contributed by atoms with Crippen LogP contribution in [0.15, 0.2) is 0 Å². The third kappa shape index (κ3) is 4.50. The number of nitrogens with zero attached hydrogens (tertiary/aromatic N) is 1. The van der Waals surface area contributed by atoms with Gasteiger partial charge in [-0.3, -0.25) is 4.79 Å². The Bertz CT molecular complexity index is 435. The molecule has 1 saturated heterocycles. The second kappa shape index (κ2) is 6.64. The van der Waals surface area contributed by atoms with Crippen molar-refractivity contribution in [3.8, 4) is 0 Å². The van der Waals surface area contributed by atoms with Gasteiger partial charge < -0.3 is 14.2 Å². The van der Waals surface area contributed by atoms with Crippen molar-refractivity contribution in [2.24, 2.45) is 0 Å². The fourth-order valence-corrected chi connectivity index (χ4v) is 2.12. The first-order valence-corrected chi connectivity index (χ1v) is 7.16. The summed E-state index contributed by atoms with van der Waals surface area (Å²) in [6.07, 6.45) is -3.64. The molecule has 22 heavy (non-hydrogen) atoms. The van der Waals surface area contributed by atoms with Gasteiger partial charge >= 0.3 is 11.5 Å². The van der Waals surface area contributed by atoms with Crippen molar-refractivity contribution in [1.82, 2.24) is 4.90 Å². The number of β-lactam (4-membered cyclic amide) rings is 1. The minimum Gasteiger partial charge on any atom is -0.443 e. The summed E-state index contributed by atoms with van der Waals surface area (Å²) >= 11 is 5.01. The van der Waals surface area contributed by atoms with Gasteiger partial charge in [0.2, 0.25) is 0 Å². The maximum Gasteiger partial charge on any atom is 0.417 e. The van der Waals surface area contributed by atoms with E-state index in [9.17, 15) is 18.4 Å². The number of halogens is 3. The predicted octanol–water partition coefficient (Wildman–Crippen LogP) is 2.73. The molecule has 9 heteroatoms. The van der Waals surface area contributed by atoms with Crippen LogP contribution in [0.3, 0.4) is 0 Å². The molecule has 1 heterocycles. The van der Waals surface area contributed by atoms with Crippen molar-refractivity contribution >= 4 is 23.6 Å². The fourth-order valence-electron chi connectivity index (χ4n) is 1.91. The maximum atomic E-state index is 13.5. The number of amides is 2. The smallest absolute Gasteiger partial charge is 0.417 e. The highest BCUT2D eigenvalue weighted by atomic mass is 35.5. The summed E-state index contributed by atoms with van der Waals surface area (Å²) in [7, 11) is 0. The number of carbonyl (C=O) groups excluding carboxylic acids is 2. The lowest BCUT2D eigenvalue weighted by Gasteiger charge is -2.46. The van der Waals surface area contributed by atoms with Crippen molar-refractivity contribution in [3.63, 3.8) is 0 Å². The molecule has 2 amide bonds. The molecule has 0 aromatic rings. The van der Waals surface area contributed by atoms with Crippen LogP contribution in [0.25, 0.3) is 0 Å². The Morgan fingerprint density at radius 1 is 1.41 bits per heavy atom. The average molecular weight is 344 g/mol. The van der Waals surface area contributed by atoms with Crippen LogP contribution in [0.4, 0.5) is 13.6 Å². The molecular formula is C13H20ClF2NO5. The zero-order valence-electron chi connectivity index (χ0n) is 13.1. The number of carbonyl (C=O) groups is 2. The largest absolute Gasteiger partial charge is 0.443 e. The van der Waals surface area contributed by atoms with Gasteiger partial charge in [0.1, 0.15) is 5.60 Å². The van der Waals surface area contributed by atoms with Crippen LogP contribution in [0.2, 0.25) is 0 Å². The first kappa shape index (κ1) is 19.1. The van der Waals surface area contributed by atoms with E-state index in [4.69, 9.17) is 25.8 Å². The summed E-state index contributed by atoms with van der Waals surface area (Å²) < 4.78 is 42.1. The Hall–Kier alpha value is -0.990. The Morgan fingerprint density at radius 3 is 2.36 bits per heavy atom. The number of imide groups is 1. The normalized spacial score (nSPS) is 24.0. The minimum atomic E-state index is -3.85. The molecule has 0 radical (unpaired) electrons. The van der Waals surface area contributed by atoms with Crippen molar-refractivity contribution in [2.45, 2.75) is 64.0 Å². The van der Waals surface area contributed by atoms with Gasteiger partial charge in [0.05, 0.1) is 0 Å². The second-order valence-corrected chi connectivity index (χ2v) is 6.26. The van der Waals surface area contributed by atoms with Crippen LogP contribution < -0.4 is 0 Å². The summed E-state index contributed by atoms with van der Waals surface area (Å²) in [4.78, 5) is 24.1. The first-order chi connectivity index (χ1) is 9.88. The quantitative estimate of drug-likeness (QED) is 0.436. The van der Waals surface area contributed by atoms with E-state index in [1.54, 1.807) is 27.7 Å². The zero-order chi connectivity index (χ0) is 17.3. The van der Waals surface area contributed by atoms with Crippen LogP contribution in [-0.2, 0) is 19.0 Å². The molecule has 1 aliphatic rings. The molecule has 128 valence electrons. The number of ether oxygens (including phenoxy) is 3. The lowest BCUT2D eigenvalue weighted by Crippen LogP contribution is -2.73. The number of alkyl halides is 3. The molecular weight excluding hydrogens is 324 g/mol. The summed E-state index contributed by atoms with van der Waals surface area (Å²) in [5.41, 5.74) is -0.936. The van der Waals surface area contributed by atoms with E-state index < -0.39 is 41.4 Å². The topological polar surface area (TPSA) is 65.1 Å². The third-order valence-corrected chi connectivity index (χ3v) is 2.93. The Kier molecular flexibility index (Phi) is 5.75. The number of rotatable bonds is 5. The second-order valence-electron chi connectivity index (χ2n) is 5.75. The minimum absolute atomic E-state index is 0.278. The van der Waals surface area contributed by atoms with Crippen LogP contribution in [0.1, 0.15) is 34.6 Å². The standard InChI is InChI=1S/C13H20ClF2NO5/c1-6-20-7(2)21-8-9(13(14,15)16)17(10(8)18)11(19)22-12(3,4)5/h7-9H,6H2,1-5H3/t7?,8-,9-/m1/s1. The lowest BCUT2D eigenvalue weighted by molar-refractivity contribution is -0.227. The van der Waals surface area contributed by atoms with Gasteiger partial charge in [0, 0.05) is 6.61 Å². The van der Waals surface area contributed by atoms with E-state index in [-0.39, 0.29) is 11.5 Å². The highest BCUT2D eigenvalue weighted by Gasteiger charge is 2.64. The molecule has 0 N–H and O–H groups in total. The van der Waals surface area contributed by atoms with Crippen LogP contribution in [0, 0.1) is 0 Å². The lowest BCUT2D eigenvalue weighted by atomic mass is 9.98. The first-order valence-electron chi connectivity index (χ1n) is 6.78. The van der Waals surface area contributed by atoms with Gasteiger partial charge in [-0.05, 0) is 46.2 Å². The molecule has 0 aromatic heterocycles. The van der Waals surface area contributed by atoms with Crippen molar-refractivity contribution in [1.29, 1.82) is 0 Å². The highest BCUT2D eigenvalue weighted by Crippen LogP contribution is 2.39. The molecule has 0 bridgehead atoms. The van der Waals surface area contributed by atoms with Crippen molar-refractivity contribution in [3.05, 3.63) is 0 Å². The zero-order valence-corrected chi connectivity index (χ0v) is 13.8. The van der Waals surface area contributed by atoms with E-state index in [1.807, 2.05) is 0 Å². The highest BCUT2D eigenvalue weighted by molar-refractivity contribution is 6.23. The molecule has 1 rings (SSSR count). The van der Waals surface area contributed by atoms with E-state index >= 15 is 0 Å². The predicted molar refractivity (Wildman–Crippen MR) is 73.6 cm³/mol. The van der Waals surface area contributed by atoms with E-state index in [0.29, 0.717) is 0 Å². The summed E-state index contributed by atoms with van der Waals surface area (Å²) in [6.45, 7) is 8.07. The molecule has 0 saturated carbocycles. The molecule has 1 unspecified atom stereocenters. The van der Waals surface area contributed by atoms with E-state index in [1.165, 1.54) is 6.92 Å². The summed E-state index contributed by atoms with van der Waals surface area (Å²) in [5, 5.41) is -3.85.